The van der Waals surface area contributed by atoms with Crippen LogP contribution in [-0.4, -0.2) is 6.54 Å². The molecule has 0 radical (unpaired) electrons. The lowest BCUT2D eigenvalue weighted by Crippen LogP contribution is -2.23. The Kier molecular flexibility index (Phi) is 4.44. The third-order valence-corrected chi connectivity index (χ3v) is 3.79. The molecule has 0 amide bonds. The van der Waals surface area contributed by atoms with E-state index in [9.17, 15) is 8.78 Å². The van der Waals surface area contributed by atoms with Gasteiger partial charge in [-0.2, -0.15) is 0 Å². The largest absolute Gasteiger partial charge is 0.309 e. The highest BCUT2D eigenvalue weighted by atomic mass is 32.1. The molecule has 1 aromatic heterocycles. The zero-order valence-corrected chi connectivity index (χ0v) is 10.9. The van der Waals surface area contributed by atoms with Crippen molar-refractivity contribution in [1.29, 1.82) is 0 Å². The molecule has 0 saturated heterocycles. The molecule has 1 heterocycles. The zero-order chi connectivity index (χ0) is 13.0. The SMILES string of the molecule is CCNC(Cc1c(F)cccc1F)c1cccs1. The lowest BCUT2D eigenvalue weighted by Gasteiger charge is -2.17. The van der Waals surface area contributed by atoms with Crippen molar-refractivity contribution in [3.63, 3.8) is 0 Å². The standard InChI is InChI=1S/C14H15F2NS/c1-2-17-13(14-7-4-8-18-14)9-10-11(15)5-3-6-12(10)16/h3-8,13,17H,2,9H2,1H3. The molecule has 0 saturated carbocycles. The second-order valence-corrected chi connectivity index (χ2v) is 5.01. The van der Waals surface area contributed by atoms with E-state index in [1.807, 2.05) is 24.4 Å². The van der Waals surface area contributed by atoms with E-state index in [0.717, 1.165) is 11.4 Å². The quantitative estimate of drug-likeness (QED) is 0.865. The summed E-state index contributed by atoms with van der Waals surface area (Å²) in [5, 5.41) is 5.23. The average molecular weight is 267 g/mol. The predicted octanol–water partition coefficient (Wildman–Crippen LogP) is 3.92. The van der Waals surface area contributed by atoms with Crippen LogP contribution >= 0.6 is 11.3 Å². The van der Waals surface area contributed by atoms with Crippen molar-refractivity contribution in [3.8, 4) is 0 Å². The molecular formula is C14H15F2NS. The maximum Gasteiger partial charge on any atom is 0.129 e. The van der Waals surface area contributed by atoms with Crippen LogP contribution in [0, 0.1) is 11.6 Å². The molecule has 18 heavy (non-hydrogen) atoms. The van der Waals surface area contributed by atoms with E-state index in [1.54, 1.807) is 11.3 Å². The van der Waals surface area contributed by atoms with Gasteiger partial charge in [-0.25, -0.2) is 8.78 Å². The van der Waals surface area contributed by atoms with Gasteiger partial charge >= 0.3 is 0 Å². The third kappa shape index (κ3) is 2.94. The van der Waals surface area contributed by atoms with Crippen LogP contribution in [0.4, 0.5) is 8.78 Å². The highest BCUT2D eigenvalue weighted by molar-refractivity contribution is 7.10. The van der Waals surface area contributed by atoms with Gasteiger partial charge in [0.15, 0.2) is 0 Å². The lowest BCUT2D eigenvalue weighted by molar-refractivity contribution is 0.503. The summed E-state index contributed by atoms with van der Waals surface area (Å²) in [6.45, 7) is 2.75. The van der Waals surface area contributed by atoms with E-state index in [0.29, 0.717) is 6.42 Å². The molecule has 1 unspecified atom stereocenters. The highest BCUT2D eigenvalue weighted by Crippen LogP contribution is 2.25. The summed E-state index contributed by atoms with van der Waals surface area (Å²) in [6.07, 6.45) is 0.326. The molecule has 2 aromatic rings. The van der Waals surface area contributed by atoms with Gasteiger partial charge in [0.2, 0.25) is 0 Å². The van der Waals surface area contributed by atoms with Crippen molar-refractivity contribution in [3.05, 3.63) is 57.8 Å². The number of thiophene rings is 1. The number of rotatable bonds is 5. The van der Waals surface area contributed by atoms with Crippen LogP contribution in [0.3, 0.4) is 0 Å². The first-order chi connectivity index (χ1) is 8.72. The second-order valence-electron chi connectivity index (χ2n) is 4.03. The number of nitrogens with one attached hydrogen (secondary N) is 1. The van der Waals surface area contributed by atoms with Gasteiger partial charge in [0.25, 0.3) is 0 Å². The normalized spacial score (nSPS) is 12.6. The van der Waals surface area contributed by atoms with Crippen LogP contribution in [0.5, 0.6) is 0 Å². The molecule has 0 spiro atoms. The molecule has 0 aliphatic carbocycles. The maximum absolute atomic E-state index is 13.6. The molecule has 1 aromatic carbocycles. The molecule has 4 heteroatoms. The molecule has 1 nitrogen and oxygen atoms in total. The molecule has 2 rings (SSSR count). The van der Waals surface area contributed by atoms with Crippen molar-refractivity contribution >= 4 is 11.3 Å². The van der Waals surface area contributed by atoms with Crippen molar-refractivity contribution in [1.82, 2.24) is 5.32 Å². The summed E-state index contributed by atoms with van der Waals surface area (Å²) in [5.41, 5.74) is 0.150. The highest BCUT2D eigenvalue weighted by Gasteiger charge is 2.17. The summed E-state index contributed by atoms with van der Waals surface area (Å²) >= 11 is 1.59. The third-order valence-electron chi connectivity index (χ3n) is 2.81. The minimum atomic E-state index is -0.477. The van der Waals surface area contributed by atoms with Gasteiger partial charge in [-0.05, 0) is 36.5 Å². The smallest absolute Gasteiger partial charge is 0.129 e. The fourth-order valence-electron chi connectivity index (χ4n) is 1.94. The summed E-state index contributed by atoms with van der Waals surface area (Å²) in [5.74, 6) is -0.955. The van der Waals surface area contributed by atoms with E-state index >= 15 is 0 Å². The van der Waals surface area contributed by atoms with Gasteiger partial charge in [0, 0.05) is 16.5 Å². The zero-order valence-electron chi connectivity index (χ0n) is 10.1. The summed E-state index contributed by atoms with van der Waals surface area (Å²) in [7, 11) is 0. The van der Waals surface area contributed by atoms with Crippen molar-refractivity contribution in [2.75, 3.05) is 6.54 Å². The number of hydrogen-bond acceptors (Lipinski definition) is 2. The number of benzene rings is 1. The van der Waals surface area contributed by atoms with E-state index in [2.05, 4.69) is 5.32 Å². The van der Waals surface area contributed by atoms with Crippen LogP contribution in [0.15, 0.2) is 35.7 Å². The van der Waals surface area contributed by atoms with Gasteiger partial charge in [0.05, 0.1) is 0 Å². The first-order valence-corrected chi connectivity index (χ1v) is 6.80. The first-order valence-electron chi connectivity index (χ1n) is 5.92. The molecule has 96 valence electrons. The summed E-state index contributed by atoms with van der Waals surface area (Å²) in [4.78, 5) is 1.10. The molecule has 0 aliphatic heterocycles. The fraction of sp³-hybridized carbons (Fsp3) is 0.286. The van der Waals surface area contributed by atoms with E-state index in [4.69, 9.17) is 0 Å². The first kappa shape index (κ1) is 13.2. The molecule has 0 bridgehead atoms. The average Bonchev–Trinajstić information content (AvgIpc) is 2.86. The number of likely N-dealkylation sites (N-methyl/N-ethyl adjacent to an activating group) is 1. The summed E-state index contributed by atoms with van der Waals surface area (Å²) < 4.78 is 27.3. The van der Waals surface area contributed by atoms with Crippen molar-refractivity contribution in [2.45, 2.75) is 19.4 Å². The predicted molar refractivity (Wildman–Crippen MR) is 70.8 cm³/mol. The van der Waals surface area contributed by atoms with E-state index in [-0.39, 0.29) is 11.6 Å². The number of hydrogen-bond donors (Lipinski definition) is 1. The summed E-state index contributed by atoms with van der Waals surface area (Å²) in [6, 6.07) is 7.88. The molecule has 0 aliphatic rings. The Morgan fingerprint density at radius 3 is 2.44 bits per heavy atom. The van der Waals surface area contributed by atoms with Crippen molar-refractivity contribution in [2.24, 2.45) is 0 Å². The van der Waals surface area contributed by atoms with Crippen molar-refractivity contribution < 1.29 is 8.78 Å². The van der Waals surface area contributed by atoms with Gasteiger partial charge in [-0.3, -0.25) is 0 Å². The van der Waals surface area contributed by atoms with Crippen LogP contribution in [0.25, 0.3) is 0 Å². The van der Waals surface area contributed by atoms with E-state index < -0.39 is 11.6 Å². The van der Waals surface area contributed by atoms with Gasteiger partial charge < -0.3 is 5.32 Å². The van der Waals surface area contributed by atoms with Gasteiger partial charge in [-0.15, -0.1) is 11.3 Å². The Hall–Kier alpha value is -1.26. The minimum Gasteiger partial charge on any atom is -0.309 e. The maximum atomic E-state index is 13.6. The van der Waals surface area contributed by atoms with Gasteiger partial charge in [-0.1, -0.05) is 19.1 Å². The lowest BCUT2D eigenvalue weighted by atomic mass is 10.0. The topological polar surface area (TPSA) is 12.0 Å². The fourth-order valence-corrected chi connectivity index (χ4v) is 2.74. The van der Waals surface area contributed by atoms with Crippen LogP contribution < -0.4 is 5.32 Å². The second kappa shape index (κ2) is 6.07. The molecule has 0 fully saturated rings. The Morgan fingerprint density at radius 2 is 1.89 bits per heavy atom. The minimum absolute atomic E-state index is 0.0404. The van der Waals surface area contributed by atoms with E-state index in [1.165, 1.54) is 18.2 Å². The van der Waals surface area contributed by atoms with Crippen LogP contribution in [0.1, 0.15) is 23.4 Å². The Labute approximate surface area is 109 Å². The monoisotopic (exact) mass is 267 g/mol. The Morgan fingerprint density at radius 1 is 1.17 bits per heavy atom. The Balaban J connectivity index is 2.24. The van der Waals surface area contributed by atoms with Gasteiger partial charge in [0.1, 0.15) is 11.6 Å². The number of halogens is 2. The molecular weight excluding hydrogens is 252 g/mol. The van der Waals surface area contributed by atoms with Crippen LogP contribution in [0.2, 0.25) is 0 Å². The molecule has 1 N–H and O–H groups in total. The Bertz CT molecular complexity index is 476. The van der Waals surface area contributed by atoms with Crippen LogP contribution in [-0.2, 0) is 6.42 Å². The molecule has 1 atom stereocenters.